The summed E-state index contributed by atoms with van der Waals surface area (Å²) < 4.78 is 6.58. The lowest BCUT2D eigenvalue weighted by molar-refractivity contribution is -0.135. The van der Waals surface area contributed by atoms with Gasteiger partial charge >= 0.3 is 0 Å². The van der Waals surface area contributed by atoms with E-state index < -0.39 is 0 Å². The van der Waals surface area contributed by atoms with Crippen LogP contribution < -0.4 is 4.74 Å². The Labute approximate surface area is 157 Å². The fraction of sp³-hybridized carbons (Fsp3) is 0.350. The minimum Gasteiger partial charge on any atom is -0.484 e. The summed E-state index contributed by atoms with van der Waals surface area (Å²) in [5, 5.41) is 0. The quantitative estimate of drug-likeness (QED) is 0.767. The average molecular weight is 403 g/mol. The number of halogens is 1. The largest absolute Gasteiger partial charge is 0.484 e. The van der Waals surface area contributed by atoms with Crippen molar-refractivity contribution in [3.8, 4) is 5.75 Å². The van der Waals surface area contributed by atoms with Crippen LogP contribution in [0.3, 0.4) is 0 Å². The zero-order chi connectivity index (χ0) is 17.6. The lowest BCUT2D eigenvalue weighted by Crippen LogP contribution is -2.49. The molecular weight excluding hydrogens is 380 g/mol. The van der Waals surface area contributed by atoms with Gasteiger partial charge in [-0.05, 0) is 36.8 Å². The molecule has 5 heteroatoms. The molecule has 1 aliphatic rings. The third kappa shape index (κ3) is 5.31. The van der Waals surface area contributed by atoms with Gasteiger partial charge in [-0.25, -0.2) is 0 Å². The molecule has 0 unspecified atom stereocenters. The fourth-order valence-corrected chi connectivity index (χ4v) is 3.26. The third-order valence-corrected chi connectivity index (χ3v) is 4.92. The van der Waals surface area contributed by atoms with Gasteiger partial charge in [-0.3, -0.25) is 9.69 Å². The molecule has 1 aliphatic heterocycles. The number of aryl methyl sites for hydroxylation is 1. The Morgan fingerprint density at radius 3 is 2.48 bits per heavy atom. The van der Waals surface area contributed by atoms with E-state index >= 15 is 0 Å². The van der Waals surface area contributed by atoms with Gasteiger partial charge in [0.2, 0.25) is 0 Å². The Balaban J connectivity index is 1.43. The number of carbonyl (C=O) groups excluding carboxylic acids is 1. The van der Waals surface area contributed by atoms with Crippen LogP contribution in [-0.4, -0.2) is 48.5 Å². The van der Waals surface area contributed by atoms with Gasteiger partial charge in [0.05, 0.1) is 0 Å². The van der Waals surface area contributed by atoms with Crippen molar-refractivity contribution in [1.82, 2.24) is 9.80 Å². The molecule has 1 fully saturated rings. The summed E-state index contributed by atoms with van der Waals surface area (Å²) in [7, 11) is 0. The standard InChI is InChI=1S/C20H23BrN2O2/c1-16-3-2-4-17(13-16)14-22-9-11-23(12-10-22)20(24)15-25-19-7-5-18(21)6-8-19/h2-8,13H,9-12,14-15H2,1H3. The van der Waals surface area contributed by atoms with Gasteiger partial charge in [0.1, 0.15) is 5.75 Å². The molecule has 1 amide bonds. The molecule has 0 N–H and O–H groups in total. The summed E-state index contributed by atoms with van der Waals surface area (Å²) in [4.78, 5) is 16.6. The first kappa shape index (κ1) is 18.0. The van der Waals surface area contributed by atoms with E-state index in [2.05, 4.69) is 52.0 Å². The molecule has 0 atom stereocenters. The molecule has 1 heterocycles. The Bertz CT molecular complexity index is 710. The maximum atomic E-state index is 12.3. The highest BCUT2D eigenvalue weighted by Gasteiger charge is 2.21. The van der Waals surface area contributed by atoms with E-state index in [1.807, 2.05) is 29.2 Å². The predicted octanol–water partition coefficient (Wildman–Crippen LogP) is 3.48. The van der Waals surface area contributed by atoms with E-state index in [-0.39, 0.29) is 12.5 Å². The van der Waals surface area contributed by atoms with E-state index in [0.717, 1.165) is 42.9 Å². The molecule has 0 bridgehead atoms. The minimum atomic E-state index is 0.0538. The number of rotatable bonds is 5. The first-order chi connectivity index (χ1) is 12.1. The maximum absolute atomic E-state index is 12.3. The smallest absolute Gasteiger partial charge is 0.260 e. The molecule has 0 radical (unpaired) electrons. The Hall–Kier alpha value is -1.85. The van der Waals surface area contributed by atoms with Crippen LogP contribution in [0.15, 0.2) is 53.0 Å². The minimum absolute atomic E-state index is 0.0538. The van der Waals surface area contributed by atoms with Gasteiger partial charge in [-0.15, -0.1) is 0 Å². The van der Waals surface area contributed by atoms with Crippen molar-refractivity contribution in [3.63, 3.8) is 0 Å². The van der Waals surface area contributed by atoms with E-state index in [1.54, 1.807) is 0 Å². The molecule has 0 aliphatic carbocycles. The lowest BCUT2D eigenvalue weighted by atomic mass is 10.1. The second-order valence-corrected chi connectivity index (χ2v) is 7.30. The molecule has 4 nitrogen and oxygen atoms in total. The molecule has 0 aromatic heterocycles. The van der Waals surface area contributed by atoms with Crippen LogP contribution in [0.2, 0.25) is 0 Å². The van der Waals surface area contributed by atoms with E-state index in [1.165, 1.54) is 11.1 Å². The highest BCUT2D eigenvalue weighted by atomic mass is 79.9. The van der Waals surface area contributed by atoms with Gasteiger partial charge in [0.25, 0.3) is 5.91 Å². The number of amides is 1. The topological polar surface area (TPSA) is 32.8 Å². The summed E-state index contributed by atoms with van der Waals surface area (Å²) >= 11 is 3.39. The van der Waals surface area contributed by atoms with Gasteiger partial charge < -0.3 is 9.64 Å². The molecule has 0 spiro atoms. The summed E-state index contributed by atoms with van der Waals surface area (Å²) in [5.41, 5.74) is 2.62. The van der Waals surface area contributed by atoms with Gasteiger partial charge in [-0.2, -0.15) is 0 Å². The molecule has 2 aromatic rings. The Morgan fingerprint density at radius 1 is 1.08 bits per heavy atom. The zero-order valence-electron chi connectivity index (χ0n) is 14.5. The predicted molar refractivity (Wildman–Crippen MR) is 103 cm³/mol. The van der Waals surface area contributed by atoms with Crippen molar-refractivity contribution in [2.24, 2.45) is 0 Å². The Kier molecular flexibility index (Phi) is 6.10. The van der Waals surface area contributed by atoms with Crippen LogP contribution in [0, 0.1) is 6.92 Å². The normalized spacial score (nSPS) is 15.2. The number of hydrogen-bond acceptors (Lipinski definition) is 3. The van der Waals surface area contributed by atoms with Gasteiger partial charge in [0.15, 0.2) is 6.61 Å². The van der Waals surface area contributed by atoms with Crippen LogP contribution >= 0.6 is 15.9 Å². The summed E-state index contributed by atoms with van der Waals surface area (Å²) in [6.45, 7) is 6.47. The first-order valence-corrected chi connectivity index (χ1v) is 9.33. The van der Waals surface area contributed by atoms with Crippen LogP contribution in [0.25, 0.3) is 0 Å². The molecule has 1 saturated heterocycles. The van der Waals surface area contributed by atoms with E-state index in [9.17, 15) is 4.79 Å². The van der Waals surface area contributed by atoms with Crippen LogP contribution in [0.4, 0.5) is 0 Å². The highest BCUT2D eigenvalue weighted by Crippen LogP contribution is 2.16. The zero-order valence-corrected chi connectivity index (χ0v) is 16.0. The number of hydrogen-bond donors (Lipinski definition) is 0. The molecule has 3 rings (SSSR count). The maximum Gasteiger partial charge on any atom is 0.260 e. The van der Waals surface area contributed by atoms with Crippen molar-refractivity contribution in [2.75, 3.05) is 32.8 Å². The first-order valence-electron chi connectivity index (χ1n) is 8.54. The number of carbonyl (C=O) groups is 1. The summed E-state index contributed by atoms with van der Waals surface area (Å²) in [5.74, 6) is 0.771. The molecule has 2 aromatic carbocycles. The molecular formula is C20H23BrN2O2. The molecule has 132 valence electrons. The average Bonchev–Trinajstić information content (AvgIpc) is 2.62. The number of benzene rings is 2. The van der Waals surface area contributed by atoms with Gasteiger partial charge in [0, 0.05) is 37.2 Å². The molecule has 25 heavy (non-hydrogen) atoms. The van der Waals surface area contributed by atoms with Crippen LogP contribution in [0.5, 0.6) is 5.75 Å². The van der Waals surface area contributed by atoms with Gasteiger partial charge in [-0.1, -0.05) is 45.8 Å². The number of ether oxygens (including phenoxy) is 1. The molecule has 0 saturated carbocycles. The van der Waals surface area contributed by atoms with Crippen LogP contribution in [0.1, 0.15) is 11.1 Å². The second-order valence-electron chi connectivity index (χ2n) is 6.39. The fourth-order valence-electron chi connectivity index (χ4n) is 2.99. The SMILES string of the molecule is Cc1cccc(CN2CCN(C(=O)COc3ccc(Br)cc3)CC2)c1. The second kappa shape index (κ2) is 8.50. The van der Waals surface area contributed by atoms with Crippen molar-refractivity contribution >= 4 is 21.8 Å². The van der Waals surface area contributed by atoms with Crippen molar-refractivity contribution < 1.29 is 9.53 Å². The van der Waals surface area contributed by atoms with Crippen LogP contribution in [-0.2, 0) is 11.3 Å². The number of piperazine rings is 1. The summed E-state index contributed by atoms with van der Waals surface area (Å²) in [6.07, 6.45) is 0. The van der Waals surface area contributed by atoms with Crippen molar-refractivity contribution in [1.29, 1.82) is 0 Å². The van der Waals surface area contributed by atoms with E-state index in [0.29, 0.717) is 0 Å². The lowest BCUT2D eigenvalue weighted by Gasteiger charge is -2.34. The Morgan fingerprint density at radius 2 is 1.80 bits per heavy atom. The monoisotopic (exact) mass is 402 g/mol. The van der Waals surface area contributed by atoms with E-state index in [4.69, 9.17) is 4.74 Å². The summed E-state index contributed by atoms with van der Waals surface area (Å²) in [6, 6.07) is 16.1. The highest BCUT2D eigenvalue weighted by molar-refractivity contribution is 9.10. The van der Waals surface area contributed by atoms with Crippen molar-refractivity contribution in [3.05, 3.63) is 64.1 Å². The van der Waals surface area contributed by atoms with Crippen molar-refractivity contribution in [2.45, 2.75) is 13.5 Å². The third-order valence-electron chi connectivity index (χ3n) is 4.39. The number of nitrogens with zero attached hydrogens (tertiary/aromatic N) is 2.